The SMILES string of the molecule is Cc1ccc(C(N)Cc2ccc(Cl)s2)c(C)n1. The van der Waals surface area contributed by atoms with Crippen LogP contribution < -0.4 is 5.73 Å². The van der Waals surface area contributed by atoms with Crippen LogP contribution in [0.5, 0.6) is 0 Å². The minimum atomic E-state index is -0.0159. The predicted octanol–water partition coefficient (Wildman–Crippen LogP) is 3.66. The summed E-state index contributed by atoms with van der Waals surface area (Å²) in [6, 6.07) is 8.00. The molecular weight excluding hydrogens is 252 g/mol. The molecule has 0 bridgehead atoms. The molecule has 2 aromatic rings. The Morgan fingerprint density at radius 2 is 2.06 bits per heavy atom. The van der Waals surface area contributed by atoms with Crippen LogP contribution in [0.15, 0.2) is 24.3 Å². The van der Waals surface area contributed by atoms with Gasteiger partial charge in [-0.2, -0.15) is 0 Å². The Balaban J connectivity index is 2.17. The molecule has 2 aromatic heterocycles. The van der Waals surface area contributed by atoms with Gasteiger partial charge in [0.2, 0.25) is 0 Å². The Hall–Kier alpha value is -0.900. The maximum atomic E-state index is 6.21. The number of nitrogens with zero attached hydrogens (tertiary/aromatic N) is 1. The minimum absolute atomic E-state index is 0.0159. The van der Waals surface area contributed by atoms with Crippen LogP contribution in [0.2, 0.25) is 4.34 Å². The first-order valence-corrected chi connectivity index (χ1v) is 6.69. The highest BCUT2D eigenvalue weighted by Gasteiger charge is 2.12. The third-order valence-corrected chi connectivity index (χ3v) is 3.97. The number of rotatable bonds is 3. The number of thiophene rings is 1. The molecule has 2 heterocycles. The molecule has 0 aliphatic carbocycles. The molecule has 1 unspecified atom stereocenters. The van der Waals surface area contributed by atoms with E-state index in [1.165, 1.54) is 4.88 Å². The monoisotopic (exact) mass is 266 g/mol. The third kappa shape index (κ3) is 3.06. The fraction of sp³-hybridized carbons (Fsp3) is 0.308. The maximum absolute atomic E-state index is 6.21. The second-order valence-corrected chi connectivity index (χ2v) is 5.94. The lowest BCUT2D eigenvalue weighted by atomic mass is 10.0. The van der Waals surface area contributed by atoms with E-state index < -0.39 is 0 Å². The van der Waals surface area contributed by atoms with Crippen molar-refractivity contribution in [3.8, 4) is 0 Å². The Morgan fingerprint density at radius 3 is 2.65 bits per heavy atom. The minimum Gasteiger partial charge on any atom is -0.324 e. The van der Waals surface area contributed by atoms with Crippen molar-refractivity contribution >= 4 is 22.9 Å². The lowest BCUT2D eigenvalue weighted by molar-refractivity contribution is 0.717. The molecule has 0 spiro atoms. The molecule has 2 N–H and O–H groups in total. The van der Waals surface area contributed by atoms with Gasteiger partial charge in [0.25, 0.3) is 0 Å². The summed E-state index contributed by atoms with van der Waals surface area (Å²) in [5, 5.41) is 0. The van der Waals surface area contributed by atoms with Gasteiger partial charge in [-0.15, -0.1) is 11.3 Å². The highest BCUT2D eigenvalue weighted by Crippen LogP contribution is 2.26. The summed E-state index contributed by atoms with van der Waals surface area (Å²) in [6.07, 6.45) is 0.808. The van der Waals surface area contributed by atoms with Crippen molar-refractivity contribution in [1.29, 1.82) is 0 Å². The average Bonchev–Trinajstić information content (AvgIpc) is 2.63. The quantitative estimate of drug-likeness (QED) is 0.921. The van der Waals surface area contributed by atoms with E-state index in [1.807, 2.05) is 32.0 Å². The van der Waals surface area contributed by atoms with Crippen molar-refractivity contribution in [2.75, 3.05) is 0 Å². The van der Waals surface area contributed by atoms with Crippen LogP contribution in [0.1, 0.15) is 27.9 Å². The molecule has 0 aliphatic rings. The number of aromatic nitrogens is 1. The Bertz CT molecular complexity index is 522. The molecule has 4 heteroatoms. The number of pyridine rings is 1. The summed E-state index contributed by atoms with van der Waals surface area (Å²) in [7, 11) is 0. The van der Waals surface area contributed by atoms with Crippen molar-refractivity contribution in [2.45, 2.75) is 26.3 Å². The molecule has 0 saturated heterocycles. The van der Waals surface area contributed by atoms with Crippen molar-refractivity contribution in [1.82, 2.24) is 4.98 Å². The summed E-state index contributed by atoms with van der Waals surface area (Å²) in [5.41, 5.74) is 9.36. The summed E-state index contributed by atoms with van der Waals surface area (Å²) >= 11 is 7.49. The van der Waals surface area contributed by atoms with Gasteiger partial charge in [0, 0.05) is 28.7 Å². The summed E-state index contributed by atoms with van der Waals surface area (Å²) in [5.74, 6) is 0. The van der Waals surface area contributed by atoms with E-state index in [-0.39, 0.29) is 6.04 Å². The number of halogens is 1. The maximum Gasteiger partial charge on any atom is 0.0931 e. The number of hydrogen-bond acceptors (Lipinski definition) is 3. The lowest BCUT2D eigenvalue weighted by Gasteiger charge is -2.13. The van der Waals surface area contributed by atoms with Crippen molar-refractivity contribution in [2.24, 2.45) is 5.73 Å². The van der Waals surface area contributed by atoms with Gasteiger partial charge >= 0.3 is 0 Å². The van der Waals surface area contributed by atoms with Gasteiger partial charge in [-0.25, -0.2) is 0 Å². The third-order valence-electron chi connectivity index (χ3n) is 2.72. The molecule has 2 rings (SSSR count). The molecule has 90 valence electrons. The highest BCUT2D eigenvalue weighted by atomic mass is 35.5. The second-order valence-electron chi connectivity index (χ2n) is 4.14. The highest BCUT2D eigenvalue weighted by molar-refractivity contribution is 7.16. The van der Waals surface area contributed by atoms with Crippen LogP contribution in [-0.2, 0) is 6.42 Å². The average molecular weight is 267 g/mol. The fourth-order valence-corrected chi connectivity index (χ4v) is 3.02. The topological polar surface area (TPSA) is 38.9 Å². The van der Waals surface area contributed by atoms with Crippen LogP contribution in [-0.4, -0.2) is 4.98 Å². The molecular formula is C13H15ClN2S. The molecule has 0 radical (unpaired) electrons. The Morgan fingerprint density at radius 1 is 1.29 bits per heavy atom. The normalized spacial score (nSPS) is 12.7. The summed E-state index contributed by atoms with van der Waals surface area (Å²) in [6.45, 7) is 3.99. The lowest BCUT2D eigenvalue weighted by Crippen LogP contribution is -2.14. The zero-order chi connectivity index (χ0) is 12.4. The van der Waals surface area contributed by atoms with Gasteiger partial charge in [-0.3, -0.25) is 4.98 Å². The fourth-order valence-electron chi connectivity index (χ4n) is 1.88. The molecule has 0 aromatic carbocycles. The van der Waals surface area contributed by atoms with Crippen LogP contribution in [0.4, 0.5) is 0 Å². The number of aryl methyl sites for hydroxylation is 2. The van der Waals surface area contributed by atoms with Crippen molar-refractivity contribution < 1.29 is 0 Å². The smallest absolute Gasteiger partial charge is 0.0931 e. The number of hydrogen-bond donors (Lipinski definition) is 1. The summed E-state index contributed by atoms with van der Waals surface area (Å²) < 4.78 is 0.811. The molecule has 0 amide bonds. The first kappa shape index (κ1) is 12.6. The predicted molar refractivity (Wildman–Crippen MR) is 73.7 cm³/mol. The van der Waals surface area contributed by atoms with E-state index in [0.29, 0.717) is 0 Å². The van der Waals surface area contributed by atoms with Gasteiger partial charge in [-0.1, -0.05) is 17.7 Å². The van der Waals surface area contributed by atoms with E-state index >= 15 is 0 Å². The standard InChI is InChI=1S/C13H15ClN2S/c1-8-3-5-11(9(2)16-8)12(15)7-10-4-6-13(14)17-10/h3-6,12H,7,15H2,1-2H3. The molecule has 0 aliphatic heterocycles. The first-order valence-electron chi connectivity index (χ1n) is 5.50. The van der Waals surface area contributed by atoms with E-state index in [9.17, 15) is 0 Å². The molecule has 0 fully saturated rings. The van der Waals surface area contributed by atoms with Crippen LogP contribution >= 0.6 is 22.9 Å². The second kappa shape index (κ2) is 5.17. The van der Waals surface area contributed by atoms with E-state index in [4.69, 9.17) is 17.3 Å². The largest absolute Gasteiger partial charge is 0.324 e. The molecule has 2 nitrogen and oxygen atoms in total. The molecule has 1 atom stereocenters. The van der Waals surface area contributed by atoms with E-state index in [0.717, 1.165) is 27.7 Å². The van der Waals surface area contributed by atoms with Crippen LogP contribution in [0, 0.1) is 13.8 Å². The zero-order valence-corrected chi connectivity index (χ0v) is 11.5. The van der Waals surface area contributed by atoms with Gasteiger partial charge in [-0.05, 0) is 37.6 Å². The van der Waals surface area contributed by atoms with Crippen molar-refractivity contribution in [3.05, 3.63) is 50.4 Å². The van der Waals surface area contributed by atoms with E-state index in [1.54, 1.807) is 11.3 Å². The zero-order valence-electron chi connectivity index (χ0n) is 9.90. The van der Waals surface area contributed by atoms with Gasteiger partial charge < -0.3 is 5.73 Å². The molecule has 0 saturated carbocycles. The summed E-state index contributed by atoms with van der Waals surface area (Å²) in [4.78, 5) is 5.65. The van der Waals surface area contributed by atoms with Crippen LogP contribution in [0.25, 0.3) is 0 Å². The van der Waals surface area contributed by atoms with E-state index in [2.05, 4.69) is 11.1 Å². The van der Waals surface area contributed by atoms with Crippen LogP contribution in [0.3, 0.4) is 0 Å². The van der Waals surface area contributed by atoms with Crippen molar-refractivity contribution in [3.63, 3.8) is 0 Å². The van der Waals surface area contributed by atoms with Gasteiger partial charge in [0.05, 0.1) is 4.34 Å². The first-order chi connectivity index (χ1) is 8.06. The van der Waals surface area contributed by atoms with Gasteiger partial charge in [0.15, 0.2) is 0 Å². The Kier molecular flexibility index (Phi) is 3.82. The Labute approximate surface area is 110 Å². The number of nitrogens with two attached hydrogens (primary N) is 1. The molecule has 17 heavy (non-hydrogen) atoms. The van der Waals surface area contributed by atoms with Gasteiger partial charge in [0.1, 0.15) is 0 Å².